The van der Waals surface area contributed by atoms with E-state index in [-0.39, 0.29) is 6.04 Å². The van der Waals surface area contributed by atoms with Gasteiger partial charge in [0.1, 0.15) is 0 Å². The van der Waals surface area contributed by atoms with Gasteiger partial charge in [-0.1, -0.05) is 25.4 Å². The highest BCUT2D eigenvalue weighted by molar-refractivity contribution is 7.14. The second-order valence-electron chi connectivity index (χ2n) is 4.59. The summed E-state index contributed by atoms with van der Waals surface area (Å²) >= 11 is 7.66. The van der Waals surface area contributed by atoms with Crippen LogP contribution in [-0.2, 0) is 0 Å². The molecule has 0 saturated heterocycles. The average Bonchev–Trinajstić information content (AvgIpc) is 2.55. The van der Waals surface area contributed by atoms with Crippen molar-refractivity contribution in [1.82, 2.24) is 5.43 Å². The molecule has 3 N–H and O–H groups in total. The summed E-state index contributed by atoms with van der Waals surface area (Å²) in [5.41, 5.74) is 4.44. The summed E-state index contributed by atoms with van der Waals surface area (Å²) < 4.78 is 0.857. The maximum atomic E-state index is 6.10. The number of halogens is 1. The van der Waals surface area contributed by atoms with E-state index in [1.54, 1.807) is 11.3 Å². The lowest BCUT2D eigenvalue weighted by atomic mass is 10.00. The first kappa shape index (κ1) is 10.4. The number of hydrogen-bond acceptors (Lipinski definition) is 3. The molecule has 1 aromatic rings. The fourth-order valence-corrected chi connectivity index (χ4v) is 3.03. The Hall–Kier alpha value is -0.0900. The fraction of sp³-hybridized carbons (Fsp3) is 0.600. The Labute approximate surface area is 93.4 Å². The third kappa shape index (κ3) is 1.70. The van der Waals surface area contributed by atoms with Crippen LogP contribution >= 0.6 is 22.9 Å². The molecule has 2 rings (SSSR count). The predicted octanol–water partition coefficient (Wildman–Crippen LogP) is 2.95. The Balaban J connectivity index is 2.20. The van der Waals surface area contributed by atoms with Gasteiger partial charge >= 0.3 is 0 Å². The van der Waals surface area contributed by atoms with Gasteiger partial charge in [-0.2, -0.15) is 0 Å². The number of nitrogens with one attached hydrogen (secondary N) is 1. The Kier molecular flexibility index (Phi) is 2.60. The number of rotatable bonds is 3. The van der Waals surface area contributed by atoms with E-state index in [1.165, 1.54) is 6.42 Å². The first-order valence-corrected chi connectivity index (χ1v) is 6.01. The van der Waals surface area contributed by atoms with Gasteiger partial charge in [-0.05, 0) is 29.2 Å². The molecule has 78 valence electrons. The van der Waals surface area contributed by atoms with Crippen molar-refractivity contribution >= 4 is 22.9 Å². The first-order valence-electron chi connectivity index (χ1n) is 4.75. The Morgan fingerprint density at radius 3 is 2.71 bits per heavy atom. The normalized spacial score (nSPS) is 26.1. The van der Waals surface area contributed by atoms with Crippen LogP contribution in [0.2, 0.25) is 4.34 Å². The van der Waals surface area contributed by atoms with Crippen molar-refractivity contribution in [2.24, 2.45) is 17.2 Å². The van der Waals surface area contributed by atoms with Crippen molar-refractivity contribution in [3.05, 3.63) is 21.3 Å². The van der Waals surface area contributed by atoms with Crippen LogP contribution in [0.5, 0.6) is 0 Å². The summed E-state index contributed by atoms with van der Waals surface area (Å²) in [6.45, 7) is 4.53. The minimum absolute atomic E-state index is 0.212. The van der Waals surface area contributed by atoms with Gasteiger partial charge in [0.05, 0.1) is 10.4 Å². The maximum Gasteiger partial charge on any atom is 0.0976 e. The van der Waals surface area contributed by atoms with Crippen molar-refractivity contribution in [3.8, 4) is 0 Å². The molecule has 1 aliphatic carbocycles. The molecule has 2 atom stereocenters. The van der Waals surface area contributed by atoms with E-state index >= 15 is 0 Å². The lowest BCUT2D eigenvalue weighted by Gasteiger charge is -2.17. The third-order valence-corrected chi connectivity index (χ3v) is 4.35. The van der Waals surface area contributed by atoms with Crippen molar-refractivity contribution < 1.29 is 0 Å². The monoisotopic (exact) mass is 230 g/mol. The summed E-state index contributed by atoms with van der Waals surface area (Å²) in [7, 11) is 0. The molecule has 1 fully saturated rings. The van der Waals surface area contributed by atoms with Crippen LogP contribution in [0.3, 0.4) is 0 Å². The molecule has 0 aliphatic heterocycles. The van der Waals surface area contributed by atoms with Gasteiger partial charge in [0.25, 0.3) is 0 Å². The summed E-state index contributed by atoms with van der Waals surface area (Å²) in [6, 6.07) is 2.27. The summed E-state index contributed by atoms with van der Waals surface area (Å²) in [6.07, 6.45) is 1.22. The minimum Gasteiger partial charge on any atom is -0.271 e. The largest absolute Gasteiger partial charge is 0.271 e. The summed E-state index contributed by atoms with van der Waals surface area (Å²) in [5, 5.41) is 2.01. The van der Waals surface area contributed by atoms with Crippen molar-refractivity contribution in [2.75, 3.05) is 0 Å². The molecule has 1 saturated carbocycles. The van der Waals surface area contributed by atoms with Gasteiger partial charge in [-0.25, -0.2) is 0 Å². The van der Waals surface area contributed by atoms with Gasteiger partial charge in [-0.15, -0.1) is 11.3 Å². The van der Waals surface area contributed by atoms with Crippen LogP contribution in [0.25, 0.3) is 0 Å². The van der Waals surface area contributed by atoms with Crippen LogP contribution in [0.15, 0.2) is 11.4 Å². The molecule has 0 radical (unpaired) electrons. The molecule has 0 spiro atoms. The molecule has 1 aromatic heterocycles. The van der Waals surface area contributed by atoms with Crippen LogP contribution in [-0.4, -0.2) is 0 Å². The highest BCUT2D eigenvalue weighted by Gasteiger charge is 2.50. The van der Waals surface area contributed by atoms with Gasteiger partial charge in [0.2, 0.25) is 0 Å². The predicted molar refractivity (Wildman–Crippen MR) is 61.3 cm³/mol. The quantitative estimate of drug-likeness (QED) is 0.619. The molecule has 2 unspecified atom stereocenters. The fourth-order valence-electron chi connectivity index (χ4n) is 2.03. The van der Waals surface area contributed by atoms with Gasteiger partial charge in [-0.3, -0.25) is 11.3 Å². The lowest BCUT2D eigenvalue weighted by molar-refractivity contribution is 0.424. The highest BCUT2D eigenvalue weighted by Crippen LogP contribution is 2.58. The lowest BCUT2D eigenvalue weighted by Crippen LogP contribution is -2.30. The van der Waals surface area contributed by atoms with Crippen LogP contribution in [0, 0.1) is 11.3 Å². The second kappa shape index (κ2) is 3.49. The van der Waals surface area contributed by atoms with Crippen LogP contribution in [0.1, 0.15) is 31.9 Å². The van der Waals surface area contributed by atoms with Crippen molar-refractivity contribution in [1.29, 1.82) is 0 Å². The average molecular weight is 231 g/mol. The molecular formula is C10H15ClN2S. The SMILES string of the molecule is CC1(C)CC1C(NN)c1ccsc1Cl. The molecule has 1 heterocycles. The summed E-state index contributed by atoms with van der Waals surface area (Å²) in [4.78, 5) is 0. The molecule has 2 nitrogen and oxygen atoms in total. The molecule has 4 heteroatoms. The zero-order chi connectivity index (χ0) is 10.3. The smallest absolute Gasteiger partial charge is 0.0976 e. The molecule has 0 amide bonds. The number of hydrogen-bond donors (Lipinski definition) is 2. The highest BCUT2D eigenvalue weighted by atomic mass is 35.5. The van der Waals surface area contributed by atoms with E-state index in [4.69, 9.17) is 17.4 Å². The standard InChI is InChI=1S/C10H15ClN2S/c1-10(2)5-7(10)8(13-12)6-3-4-14-9(6)11/h3-4,7-8,13H,5,12H2,1-2H3. The molecule has 0 aromatic carbocycles. The Morgan fingerprint density at radius 2 is 2.36 bits per heavy atom. The van der Waals surface area contributed by atoms with Gasteiger partial charge < -0.3 is 0 Å². The third-order valence-electron chi connectivity index (χ3n) is 3.15. The van der Waals surface area contributed by atoms with Crippen molar-refractivity contribution in [2.45, 2.75) is 26.3 Å². The second-order valence-corrected chi connectivity index (χ2v) is 6.11. The van der Waals surface area contributed by atoms with Gasteiger partial charge in [0, 0.05) is 5.56 Å². The van der Waals surface area contributed by atoms with E-state index in [0.29, 0.717) is 11.3 Å². The van der Waals surface area contributed by atoms with Crippen LogP contribution in [0.4, 0.5) is 0 Å². The molecule has 1 aliphatic rings. The number of hydrazine groups is 1. The zero-order valence-corrected chi connectivity index (χ0v) is 9.95. The maximum absolute atomic E-state index is 6.10. The van der Waals surface area contributed by atoms with E-state index in [0.717, 1.165) is 9.90 Å². The molecular weight excluding hydrogens is 216 g/mol. The number of thiophene rings is 1. The van der Waals surface area contributed by atoms with Crippen molar-refractivity contribution in [3.63, 3.8) is 0 Å². The van der Waals surface area contributed by atoms with Crippen LogP contribution < -0.4 is 11.3 Å². The zero-order valence-electron chi connectivity index (χ0n) is 8.38. The van der Waals surface area contributed by atoms with E-state index in [2.05, 4.69) is 25.3 Å². The number of nitrogens with two attached hydrogens (primary N) is 1. The minimum atomic E-state index is 0.212. The topological polar surface area (TPSA) is 38.0 Å². The van der Waals surface area contributed by atoms with E-state index in [9.17, 15) is 0 Å². The molecule has 14 heavy (non-hydrogen) atoms. The molecule has 0 bridgehead atoms. The Bertz CT molecular complexity index is 335. The summed E-state index contributed by atoms with van der Waals surface area (Å²) in [5.74, 6) is 6.20. The van der Waals surface area contributed by atoms with E-state index < -0.39 is 0 Å². The Morgan fingerprint density at radius 1 is 1.71 bits per heavy atom. The van der Waals surface area contributed by atoms with E-state index in [1.807, 2.05) is 5.38 Å². The van der Waals surface area contributed by atoms with Gasteiger partial charge in [0.15, 0.2) is 0 Å². The first-order chi connectivity index (χ1) is 6.56.